The van der Waals surface area contributed by atoms with Crippen molar-refractivity contribution in [3.63, 3.8) is 0 Å². The highest BCUT2D eigenvalue weighted by Gasteiger charge is 2.19. The molecule has 0 heterocycles. The van der Waals surface area contributed by atoms with Gasteiger partial charge in [0.2, 0.25) is 10.0 Å². The van der Waals surface area contributed by atoms with E-state index in [1.54, 1.807) is 25.1 Å². The number of carboxylic acid groups (broad SMARTS) is 1. The summed E-state index contributed by atoms with van der Waals surface area (Å²) in [5.41, 5.74) is 0.872. The molecule has 20 heavy (non-hydrogen) atoms. The third kappa shape index (κ3) is 5.38. The van der Waals surface area contributed by atoms with Gasteiger partial charge in [0.15, 0.2) is 0 Å². The number of carboxylic acids is 1. The highest BCUT2D eigenvalue weighted by Crippen LogP contribution is 2.09. The van der Waals surface area contributed by atoms with Crippen molar-refractivity contribution in [2.75, 3.05) is 0 Å². The van der Waals surface area contributed by atoms with Gasteiger partial charge in [0.05, 0.1) is 23.8 Å². The second kappa shape index (κ2) is 7.03. The SMILES string of the molecule is CCC(CC(=O)O)NS(=O)(=O)Cc1cccc(C#N)c1. The molecule has 7 heteroatoms. The van der Waals surface area contributed by atoms with Crippen LogP contribution < -0.4 is 4.72 Å². The topological polar surface area (TPSA) is 107 Å². The molecule has 1 atom stereocenters. The Morgan fingerprint density at radius 1 is 1.50 bits per heavy atom. The van der Waals surface area contributed by atoms with Crippen LogP contribution in [0.15, 0.2) is 24.3 Å². The van der Waals surface area contributed by atoms with Crippen LogP contribution in [0.5, 0.6) is 0 Å². The quantitative estimate of drug-likeness (QED) is 0.787. The van der Waals surface area contributed by atoms with Crippen LogP contribution in [0, 0.1) is 11.3 Å². The van der Waals surface area contributed by atoms with Crippen LogP contribution in [-0.4, -0.2) is 25.5 Å². The van der Waals surface area contributed by atoms with E-state index in [4.69, 9.17) is 10.4 Å². The maximum absolute atomic E-state index is 12.0. The van der Waals surface area contributed by atoms with Crippen molar-refractivity contribution in [3.05, 3.63) is 35.4 Å². The molecule has 1 aromatic carbocycles. The van der Waals surface area contributed by atoms with Crippen LogP contribution in [0.4, 0.5) is 0 Å². The fraction of sp³-hybridized carbons (Fsp3) is 0.385. The molecule has 0 aromatic heterocycles. The van der Waals surface area contributed by atoms with E-state index in [-0.39, 0.29) is 12.2 Å². The Labute approximate surface area is 118 Å². The maximum Gasteiger partial charge on any atom is 0.304 e. The highest BCUT2D eigenvalue weighted by molar-refractivity contribution is 7.88. The summed E-state index contributed by atoms with van der Waals surface area (Å²) in [5, 5.41) is 17.5. The normalized spacial score (nSPS) is 12.6. The summed E-state index contributed by atoms with van der Waals surface area (Å²) in [4.78, 5) is 10.6. The smallest absolute Gasteiger partial charge is 0.304 e. The lowest BCUT2D eigenvalue weighted by atomic mass is 10.2. The summed E-state index contributed by atoms with van der Waals surface area (Å²) >= 11 is 0. The minimum Gasteiger partial charge on any atom is -0.481 e. The molecule has 0 fully saturated rings. The maximum atomic E-state index is 12.0. The van der Waals surface area contributed by atoms with Crippen molar-refractivity contribution in [2.45, 2.75) is 31.6 Å². The van der Waals surface area contributed by atoms with Gasteiger partial charge in [0.1, 0.15) is 0 Å². The Balaban J connectivity index is 2.78. The number of carbonyl (C=O) groups is 1. The first-order chi connectivity index (χ1) is 9.36. The van der Waals surface area contributed by atoms with Crippen molar-refractivity contribution in [1.82, 2.24) is 4.72 Å². The van der Waals surface area contributed by atoms with Crippen LogP contribution in [0.25, 0.3) is 0 Å². The fourth-order valence-electron chi connectivity index (χ4n) is 1.73. The Morgan fingerprint density at radius 3 is 2.75 bits per heavy atom. The first-order valence-corrected chi connectivity index (χ1v) is 7.72. The number of nitriles is 1. The lowest BCUT2D eigenvalue weighted by Crippen LogP contribution is -2.36. The molecule has 108 valence electrons. The van der Waals surface area contributed by atoms with Crippen molar-refractivity contribution in [3.8, 4) is 6.07 Å². The average molecular weight is 296 g/mol. The van der Waals surface area contributed by atoms with Crippen molar-refractivity contribution >= 4 is 16.0 Å². The molecule has 0 radical (unpaired) electrons. The van der Waals surface area contributed by atoms with E-state index in [9.17, 15) is 13.2 Å². The summed E-state index contributed by atoms with van der Waals surface area (Å²) in [6.45, 7) is 1.71. The number of benzene rings is 1. The predicted molar refractivity (Wildman–Crippen MR) is 73.2 cm³/mol. The van der Waals surface area contributed by atoms with Gasteiger partial charge in [-0.25, -0.2) is 13.1 Å². The molecule has 2 N–H and O–H groups in total. The van der Waals surface area contributed by atoms with Gasteiger partial charge in [-0.05, 0) is 24.1 Å². The zero-order valence-corrected chi connectivity index (χ0v) is 11.9. The summed E-state index contributed by atoms with van der Waals surface area (Å²) in [6.07, 6.45) is 0.137. The molecule has 0 spiro atoms. The molecule has 0 aliphatic rings. The standard InChI is InChI=1S/C13H16N2O4S/c1-2-12(7-13(16)17)15-20(18,19)9-11-5-3-4-10(6-11)8-14/h3-6,12,15H,2,7,9H2,1H3,(H,16,17). The number of nitrogens with one attached hydrogen (secondary N) is 1. The van der Waals surface area contributed by atoms with E-state index in [0.717, 1.165) is 0 Å². The lowest BCUT2D eigenvalue weighted by molar-refractivity contribution is -0.137. The van der Waals surface area contributed by atoms with Crippen LogP contribution in [-0.2, 0) is 20.6 Å². The number of hydrogen-bond donors (Lipinski definition) is 2. The van der Waals surface area contributed by atoms with E-state index in [2.05, 4.69) is 4.72 Å². The molecule has 0 amide bonds. The molecule has 0 aliphatic carbocycles. The average Bonchev–Trinajstić information content (AvgIpc) is 2.36. The van der Waals surface area contributed by atoms with E-state index in [1.165, 1.54) is 6.07 Å². The van der Waals surface area contributed by atoms with Gasteiger partial charge < -0.3 is 5.11 Å². The largest absolute Gasteiger partial charge is 0.481 e. The predicted octanol–water partition coefficient (Wildman–Crippen LogP) is 1.23. The number of hydrogen-bond acceptors (Lipinski definition) is 4. The van der Waals surface area contributed by atoms with Gasteiger partial charge in [0.25, 0.3) is 0 Å². The second-order valence-electron chi connectivity index (χ2n) is 4.39. The van der Waals surface area contributed by atoms with Gasteiger partial charge in [0, 0.05) is 6.04 Å². The van der Waals surface area contributed by atoms with Gasteiger partial charge in [-0.3, -0.25) is 4.79 Å². The third-order valence-corrected chi connectivity index (χ3v) is 4.08. The summed E-state index contributed by atoms with van der Waals surface area (Å²) in [5.74, 6) is -1.33. The Kier molecular flexibility index (Phi) is 5.67. The van der Waals surface area contributed by atoms with Crippen LogP contribution >= 0.6 is 0 Å². The Hall–Kier alpha value is -1.91. The van der Waals surface area contributed by atoms with Crippen LogP contribution in [0.2, 0.25) is 0 Å². The van der Waals surface area contributed by atoms with Gasteiger partial charge in [-0.2, -0.15) is 5.26 Å². The van der Waals surface area contributed by atoms with Crippen LogP contribution in [0.3, 0.4) is 0 Å². The first kappa shape index (κ1) is 16.1. The number of rotatable bonds is 7. The second-order valence-corrected chi connectivity index (χ2v) is 6.15. The zero-order valence-electron chi connectivity index (χ0n) is 11.0. The molecular weight excluding hydrogens is 280 g/mol. The minimum absolute atomic E-state index is 0.256. The Morgan fingerprint density at radius 2 is 2.20 bits per heavy atom. The molecule has 0 bridgehead atoms. The zero-order chi connectivity index (χ0) is 15.2. The number of nitrogens with zero attached hydrogens (tertiary/aromatic N) is 1. The molecule has 1 aromatic rings. The molecule has 1 unspecified atom stereocenters. The van der Waals surface area contributed by atoms with Crippen molar-refractivity contribution in [2.24, 2.45) is 0 Å². The molecular formula is C13H16N2O4S. The lowest BCUT2D eigenvalue weighted by Gasteiger charge is -2.15. The summed E-state index contributed by atoms with van der Waals surface area (Å²) < 4.78 is 26.3. The first-order valence-electron chi connectivity index (χ1n) is 6.07. The Bertz CT molecular complexity index is 620. The molecule has 1 rings (SSSR count). The minimum atomic E-state index is -3.64. The summed E-state index contributed by atoms with van der Waals surface area (Å²) in [7, 11) is -3.64. The van der Waals surface area contributed by atoms with E-state index >= 15 is 0 Å². The third-order valence-electron chi connectivity index (χ3n) is 2.67. The fourth-order valence-corrected chi connectivity index (χ4v) is 3.19. The van der Waals surface area contributed by atoms with Gasteiger partial charge >= 0.3 is 5.97 Å². The number of aliphatic carboxylic acids is 1. The molecule has 0 aliphatic heterocycles. The summed E-state index contributed by atoms with van der Waals surface area (Å²) in [6, 6.07) is 7.61. The monoisotopic (exact) mass is 296 g/mol. The van der Waals surface area contributed by atoms with Crippen LogP contribution in [0.1, 0.15) is 30.9 Å². The van der Waals surface area contributed by atoms with Crippen molar-refractivity contribution in [1.29, 1.82) is 5.26 Å². The molecule has 0 saturated heterocycles. The number of sulfonamides is 1. The molecule has 6 nitrogen and oxygen atoms in total. The van der Waals surface area contributed by atoms with E-state index in [1.807, 2.05) is 6.07 Å². The van der Waals surface area contributed by atoms with Crippen molar-refractivity contribution < 1.29 is 18.3 Å². The van der Waals surface area contributed by atoms with E-state index in [0.29, 0.717) is 17.5 Å². The van der Waals surface area contributed by atoms with Gasteiger partial charge in [-0.15, -0.1) is 0 Å². The highest BCUT2D eigenvalue weighted by atomic mass is 32.2. The molecule has 0 saturated carbocycles. The van der Waals surface area contributed by atoms with E-state index < -0.39 is 22.0 Å². The van der Waals surface area contributed by atoms with Gasteiger partial charge in [-0.1, -0.05) is 19.1 Å².